The lowest BCUT2D eigenvalue weighted by molar-refractivity contribution is -0.118. The molecule has 0 fully saturated rings. The molecule has 9 heteroatoms. The van der Waals surface area contributed by atoms with Crippen molar-refractivity contribution in [3.8, 4) is 5.75 Å². The molecule has 0 aromatic heterocycles. The van der Waals surface area contributed by atoms with Crippen LogP contribution in [0.3, 0.4) is 0 Å². The summed E-state index contributed by atoms with van der Waals surface area (Å²) in [7, 11) is -3.72. The molecule has 0 aliphatic carbocycles. The van der Waals surface area contributed by atoms with Gasteiger partial charge in [-0.3, -0.25) is 9.52 Å². The zero-order valence-electron chi connectivity index (χ0n) is 15.9. The highest BCUT2D eigenvalue weighted by atomic mass is 127. The predicted octanol–water partition coefficient (Wildman–Crippen LogP) is 5.18. The minimum absolute atomic E-state index is 0.0962. The van der Waals surface area contributed by atoms with E-state index < -0.39 is 10.0 Å². The fourth-order valence-corrected chi connectivity index (χ4v) is 4.54. The smallest absolute Gasteiger partial charge is 0.262 e. The molecule has 0 atom stereocenters. The predicted molar refractivity (Wildman–Crippen MR) is 129 cm³/mol. The van der Waals surface area contributed by atoms with Crippen LogP contribution in [-0.4, -0.2) is 20.9 Å². The van der Waals surface area contributed by atoms with Crippen molar-refractivity contribution >= 4 is 65.8 Å². The van der Waals surface area contributed by atoms with Gasteiger partial charge in [0.15, 0.2) is 6.61 Å². The molecular formula is C21H18BrIN2O4S. The zero-order valence-corrected chi connectivity index (χ0v) is 20.4. The Morgan fingerprint density at radius 2 is 1.63 bits per heavy atom. The van der Waals surface area contributed by atoms with E-state index in [0.717, 1.165) is 13.6 Å². The summed E-state index contributed by atoms with van der Waals surface area (Å²) >= 11 is 5.54. The molecule has 3 aromatic rings. The summed E-state index contributed by atoms with van der Waals surface area (Å²) in [4.78, 5) is 12.2. The first-order valence-electron chi connectivity index (χ1n) is 8.80. The van der Waals surface area contributed by atoms with Crippen molar-refractivity contribution in [2.45, 2.75) is 11.8 Å². The topological polar surface area (TPSA) is 84.5 Å². The third-order valence-electron chi connectivity index (χ3n) is 3.99. The van der Waals surface area contributed by atoms with Crippen LogP contribution >= 0.6 is 38.5 Å². The average Bonchev–Trinajstić information content (AvgIpc) is 2.69. The van der Waals surface area contributed by atoms with E-state index >= 15 is 0 Å². The van der Waals surface area contributed by atoms with Crippen LogP contribution in [0.4, 0.5) is 11.4 Å². The highest BCUT2D eigenvalue weighted by molar-refractivity contribution is 14.1. The van der Waals surface area contributed by atoms with Gasteiger partial charge >= 0.3 is 0 Å². The molecule has 2 N–H and O–H groups in total. The van der Waals surface area contributed by atoms with Crippen molar-refractivity contribution < 1.29 is 17.9 Å². The van der Waals surface area contributed by atoms with Crippen LogP contribution in [0.1, 0.15) is 5.56 Å². The van der Waals surface area contributed by atoms with Crippen LogP contribution < -0.4 is 14.8 Å². The third kappa shape index (κ3) is 6.19. The standard InChI is InChI=1S/C21H18BrIN2O4S/c1-14-2-11-20(19(22)12-14)29-13-21(26)24-16-7-9-18(10-8-16)30(27,28)25-17-5-3-15(23)4-6-17/h2-12,25H,13H2,1H3,(H,24,26). The maximum atomic E-state index is 12.5. The number of aryl methyl sites for hydroxylation is 1. The van der Waals surface area contributed by atoms with Crippen molar-refractivity contribution in [3.63, 3.8) is 0 Å². The Morgan fingerprint density at radius 1 is 1.00 bits per heavy atom. The second-order valence-electron chi connectivity index (χ2n) is 6.41. The molecule has 156 valence electrons. The molecule has 0 bridgehead atoms. The Kier molecular flexibility index (Phi) is 7.37. The van der Waals surface area contributed by atoms with Crippen LogP contribution in [0.5, 0.6) is 5.75 Å². The Hall–Kier alpha value is -2.11. The van der Waals surface area contributed by atoms with Gasteiger partial charge in [0.25, 0.3) is 15.9 Å². The van der Waals surface area contributed by atoms with Crippen LogP contribution in [0.15, 0.2) is 76.1 Å². The van der Waals surface area contributed by atoms with Crippen molar-refractivity contribution in [1.82, 2.24) is 0 Å². The number of carbonyl (C=O) groups excluding carboxylic acids is 1. The lowest BCUT2D eigenvalue weighted by Gasteiger charge is -2.11. The van der Waals surface area contributed by atoms with Gasteiger partial charge in [-0.2, -0.15) is 0 Å². The number of carbonyl (C=O) groups is 1. The van der Waals surface area contributed by atoms with Gasteiger partial charge in [-0.15, -0.1) is 0 Å². The molecule has 3 aromatic carbocycles. The van der Waals surface area contributed by atoms with Gasteiger partial charge in [0.2, 0.25) is 0 Å². The van der Waals surface area contributed by atoms with Gasteiger partial charge < -0.3 is 10.1 Å². The number of amides is 1. The highest BCUT2D eigenvalue weighted by Crippen LogP contribution is 2.25. The minimum atomic E-state index is -3.72. The first kappa shape index (κ1) is 22.6. The van der Waals surface area contributed by atoms with E-state index in [-0.39, 0.29) is 17.4 Å². The zero-order chi connectivity index (χ0) is 21.7. The summed E-state index contributed by atoms with van der Waals surface area (Å²) in [5, 5.41) is 2.68. The maximum Gasteiger partial charge on any atom is 0.262 e. The highest BCUT2D eigenvalue weighted by Gasteiger charge is 2.14. The van der Waals surface area contributed by atoms with Crippen molar-refractivity contribution in [2.75, 3.05) is 16.6 Å². The first-order valence-corrected chi connectivity index (χ1v) is 12.2. The van der Waals surface area contributed by atoms with Crippen molar-refractivity contribution in [2.24, 2.45) is 0 Å². The molecule has 0 heterocycles. The summed E-state index contributed by atoms with van der Waals surface area (Å²) in [6.45, 7) is 1.79. The maximum absolute atomic E-state index is 12.5. The molecule has 0 saturated carbocycles. The number of nitrogens with one attached hydrogen (secondary N) is 2. The molecule has 30 heavy (non-hydrogen) atoms. The van der Waals surface area contributed by atoms with Crippen LogP contribution in [0.2, 0.25) is 0 Å². The van der Waals surface area contributed by atoms with Crippen LogP contribution in [0.25, 0.3) is 0 Å². The molecule has 1 amide bonds. The molecule has 3 rings (SSSR count). The van der Waals surface area contributed by atoms with Gasteiger partial charge in [-0.05, 0) is 112 Å². The number of anilines is 2. The second-order valence-corrected chi connectivity index (χ2v) is 10.2. The van der Waals surface area contributed by atoms with Crippen LogP contribution in [0, 0.1) is 10.5 Å². The summed E-state index contributed by atoms with van der Waals surface area (Å²) in [5.74, 6) is 0.217. The number of halogens is 2. The second kappa shape index (κ2) is 9.80. The van der Waals surface area contributed by atoms with E-state index in [1.807, 2.05) is 31.2 Å². The summed E-state index contributed by atoms with van der Waals surface area (Å²) in [6, 6.07) is 18.5. The fraction of sp³-hybridized carbons (Fsp3) is 0.0952. The van der Waals surface area contributed by atoms with Gasteiger partial charge in [0, 0.05) is 14.9 Å². The summed E-state index contributed by atoms with van der Waals surface area (Å²) < 4.78 is 34.8. The molecule has 0 aliphatic rings. The first-order chi connectivity index (χ1) is 14.2. The van der Waals surface area contributed by atoms with Gasteiger partial charge in [-0.25, -0.2) is 8.42 Å². The minimum Gasteiger partial charge on any atom is -0.483 e. The Labute approximate surface area is 197 Å². The molecule has 0 saturated heterocycles. The monoisotopic (exact) mass is 600 g/mol. The largest absolute Gasteiger partial charge is 0.483 e. The van der Waals surface area contributed by atoms with Crippen molar-refractivity contribution in [3.05, 3.63) is 80.3 Å². The number of hydrogen-bond donors (Lipinski definition) is 2. The molecule has 6 nitrogen and oxygen atoms in total. The molecular weight excluding hydrogens is 583 g/mol. The lowest BCUT2D eigenvalue weighted by atomic mass is 10.2. The molecule has 0 unspecified atom stereocenters. The average molecular weight is 601 g/mol. The number of hydrogen-bond acceptors (Lipinski definition) is 4. The number of ether oxygens (including phenoxy) is 1. The Bertz CT molecular complexity index is 1150. The number of sulfonamides is 1. The van der Waals surface area contributed by atoms with E-state index in [0.29, 0.717) is 17.1 Å². The Balaban J connectivity index is 1.59. The van der Waals surface area contributed by atoms with E-state index in [9.17, 15) is 13.2 Å². The van der Waals surface area contributed by atoms with E-state index in [1.165, 1.54) is 24.3 Å². The normalized spacial score (nSPS) is 11.0. The summed E-state index contributed by atoms with van der Waals surface area (Å²) in [5.41, 5.74) is 2.03. The molecule has 0 radical (unpaired) electrons. The van der Waals surface area contributed by atoms with Gasteiger partial charge in [-0.1, -0.05) is 6.07 Å². The number of rotatable bonds is 7. The lowest BCUT2D eigenvalue weighted by Crippen LogP contribution is -2.20. The Morgan fingerprint density at radius 3 is 2.27 bits per heavy atom. The number of benzene rings is 3. The van der Waals surface area contributed by atoms with Gasteiger partial charge in [0.1, 0.15) is 5.75 Å². The van der Waals surface area contributed by atoms with Crippen LogP contribution in [-0.2, 0) is 14.8 Å². The third-order valence-corrected chi connectivity index (χ3v) is 6.73. The quantitative estimate of drug-likeness (QED) is 0.366. The molecule has 0 aliphatic heterocycles. The SMILES string of the molecule is Cc1ccc(OCC(=O)Nc2ccc(S(=O)(=O)Nc3ccc(I)cc3)cc2)c(Br)c1. The van der Waals surface area contributed by atoms with E-state index in [2.05, 4.69) is 48.6 Å². The van der Waals surface area contributed by atoms with E-state index in [1.54, 1.807) is 18.2 Å². The van der Waals surface area contributed by atoms with Gasteiger partial charge in [0.05, 0.1) is 9.37 Å². The molecule has 0 spiro atoms. The fourth-order valence-electron chi connectivity index (χ4n) is 2.51. The van der Waals surface area contributed by atoms with E-state index in [4.69, 9.17) is 4.74 Å². The summed E-state index contributed by atoms with van der Waals surface area (Å²) in [6.07, 6.45) is 0. The van der Waals surface area contributed by atoms with Crippen molar-refractivity contribution in [1.29, 1.82) is 0 Å².